The number of nitrogens with zero attached hydrogens (tertiary/aromatic N) is 5. The molecule has 0 atom stereocenters. The second-order valence-corrected chi connectivity index (χ2v) is 9.26. The van der Waals surface area contributed by atoms with E-state index < -0.39 is 0 Å². The number of carbonyl (C=O) groups excluding carboxylic acids is 1. The van der Waals surface area contributed by atoms with Crippen molar-refractivity contribution >= 4 is 11.9 Å². The molecule has 178 valence electrons. The Morgan fingerprint density at radius 3 is 2.40 bits per heavy atom. The highest BCUT2D eigenvalue weighted by Crippen LogP contribution is 2.34. The highest BCUT2D eigenvalue weighted by atomic mass is 16.5. The number of piperidine rings is 1. The third-order valence-electron chi connectivity index (χ3n) is 6.81. The maximum Gasteiger partial charge on any atom is 0.324 e. The summed E-state index contributed by atoms with van der Waals surface area (Å²) in [7, 11) is 0. The van der Waals surface area contributed by atoms with Crippen LogP contribution in [0.15, 0.2) is 76.1 Å². The van der Waals surface area contributed by atoms with Crippen molar-refractivity contribution in [3.05, 3.63) is 84.1 Å². The molecular weight excluding hydrogens is 442 g/mol. The average molecular weight is 470 g/mol. The van der Waals surface area contributed by atoms with Crippen molar-refractivity contribution < 1.29 is 13.7 Å². The van der Waals surface area contributed by atoms with Crippen LogP contribution in [-0.2, 0) is 6.42 Å². The molecule has 8 heteroatoms. The van der Waals surface area contributed by atoms with Gasteiger partial charge in [0.05, 0.1) is 6.20 Å². The van der Waals surface area contributed by atoms with E-state index in [1.54, 1.807) is 6.20 Å². The SMILES string of the molecule is O=C(c1ccc(-c2cnco2)cc1)N(C1CC1)C1CCN(c2nc(Cc3ccccc3)no2)CC1. The monoisotopic (exact) mass is 469 g/mol. The van der Waals surface area contributed by atoms with Gasteiger partial charge in [0.25, 0.3) is 5.91 Å². The van der Waals surface area contributed by atoms with Gasteiger partial charge in [-0.15, -0.1) is 0 Å². The van der Waals surface area contributed by atoms with Crippen LogP contribution in [0.5, 0.6) is 0 Å². The Hall–Kier alpha value is -3.94. The second-order valence-electron chi connectivity index (χ2n) is 9.26. The number of hydrogen-bond donors (Lipinski definition) is 0. The molecule has 2 fully saturated rings. The molecular formula is C27H27N5O3. The number of benzene rings is 2. The summed E-state index contributed by atoms with van der Waals surface area (Å²) in [6, 6.07) is 18.9. The van der Waals surface area contributed by atoms with Crippen LogP contribution in [-0.4, -0.2) is 51.1 Å². The molecule has 0 radical (unpaired) electrons. The molecule has 2 aromatic carbocycles. The molecule has 2 aliphatic rings. The van der Waals surface area contributed by atoms with Gasteiger partial charge in [0.2, 0.25) is 0 Å². The minimum Gasteiger partial charge on any atom is -0.444 e. The first-order valence-electron chi connectivity index (χ1n) is 12.2. The zero-order valence-electron chi connectivity index (χ0n) is 19.4. The molecule has 35 heavy (non-hydrogen) atoms. The van der Waals surface area contributed by atoms with Gasteiger partial charge >= 0.3 is 6.01 Å². The highest BCUT2D eigenvalue weighted by Gasteiger charge is 2.39. The van der Waals surface area contributed by atoms with E-state index in [1.165, 1.54) is 6.39 Å². The van der Waals surface area contributed by atoms with Crippen LogP contribution < -0.4 is 4.90 Å². The van der Waals surface area contributed by atoms with Gasteiger partial charge in [0.1, 0.15) is 0 Å². The summed E-state index contributed by atoms with van der Waals surface area (Å²) >= 11 is 0. The molecule has 0 N–H and O–H groups in total. The molecule has 1 aliphatic carbocycles. The van der Waals surface area contributed by atoms with Crippen LogP contribution >= 0.6 is 0 Å². The summed E-state index contributed by atoms with van der Waals surface area (Å²) in [6.45, 7) is 1.58. The van der Waals surface area contributed by atoms with Gasteiger partial charge in [-0.25, -0.2) is 4.98 Å². The van der Waals surface area contributed by atoms with Crippen LogP contribution in [0.4, 0.5) is 6.01 Å². The number of hydrogen-bond acceptors (Lipinski definition) is 7. The van der Waals surface area contributed by atoms with Crippen molar-refractivity contribution in [1.82, 2.24) is 20.0 Å². The lowest BCUT2D eigenvalue weighted by atomic mass is 10.0. The zero-order chi connectivity index (χ0) is 23.6. The largest absolute Gasteiger partial charge is 0.444 e. The Bertz CT molecular complexity index is 1260. The van der Waals surface area contributed by atoms with Crippen LogP contribution in [0.1, 0.15) is 47.4 Å². The molecule has 2 aromatic heterocycles. The Morgan fingerprint density at radius 1 is 0.971 bits per heavy atom. The molecule has 0 unspecified atom stereocenters. The summed E-state index contributed by atoms with van der Waals surface area (Å²) in [6.07, 6.45) is 7.66. The molecule has 4 aromatic rings. The van der Waals surface area contributed by atoms with Gasteiger partial charge in [-0.3, -0.25) is 4.79 Å². The smallest absolute Gasteiger partial charge is 0.324 e. The van der Waals surface area contributed by atoms with Gasteiger partial charge in [0.15, 0.2) is 18.0 Å². The predicted octanol–water partition coefficient (Wildman–Crippen LogP) is 4.59. The standard InChI is InChI=1S/C27H27N5O3/c33-26(21-8-6-20(7-9-21)24-17-28-18-34-24)32(22-10-11-22)23-12-14-31(15-13-23)27-29-25(30-35-27)16-19-4-2-1-3-5-19/h1-9,17-18,22-23H,10-16H2. The number of amides is 1. The van der Waals surface area contributed by atoms with Gasteiger partial charge in [-0.2, -0.15) is 4.98 Å². The van der Waals surface area contributed by atoms with Crippen LogP contribution in [0, 0.1) is 0 Å². The molecule has 1 aliphatic heterocycles. The minimum absolute atomic E-state index is 0.109. The van der Waals surface area contributed by atoms with E-state index in [1.807, 2.05) is 42.5 Å². The Balaban J connectivity index is 1.10. The van der Waals surface area contributed by atoms with E-state index in [9.17, 15) is 4.79 Å². The molecule has 0 spiro atoms. The van der Waals surface area contributed by atoms with Crippen molar-refractivity contribution in [2.75, 3.05) is 18.0 Å². The van der Waals surface area contributed by atoms with E-state index in [4.69, 9.17) is 8.94 Å². The molecule has 1 saturated heterocycles. The summed E-state index contributed by atoms with van der Waals surface area (Å²) in [5.74, 6) is 1.50. The highest BCUT2D eigenvalue weighted by molar-refractivity contribution is 5.95. The maximum atomic E-state index is 13.5. The molecule has 1 saturated carbocycles. The first kappa shape index (κ1) is 21.6. The van der Waals surface area contributed by atoms with Crippen LogP contribution in [0.3, 0.4) is 0 Å². The Labute approximate surface area is 203 Å². The van der Waals surface area contributed by atoms with Gasteiger partial charge in [-0.1, -0.05) is 47.6 Å². The normalized spacial score (nSPS) is 16.4. The van der Waals surface area contributed by atoms with Gasteiger partial charge < -0.3 is 18.7 Å². The van der Waals surface area contributed by atoms with E-state index in [0.717, 1.165) is 49.9 Å². The number of aromatic nitrogens is 3. The Kier molecular flexibility index (Phi) is 5.78. The minimum atomic E-state index is 0.109. The fraction of sp³-hybridized carbons (Fsp3) is 0.333. The second kappa shape index (κ2) is 9.37. The van der Waals surface area contributed by atoms with Crippen molar-refractivity contribution in [1.29, 1.82) is 0 Å². The summed E-state index contributed by atoms with van der Waals surface area (Å²) in [5.41, 5.74) is 2.78. The lowest BCUT2D eigenvalue weighted by molar-refractivity contribution is 0.0629. The number of anilines is 1. The van der Waals surface area contributed by atoms with E-state index in [2.05, 4.69) is 37.1 Å². The quantitative estimate of drug-likeness (QED) is 0.391. The van der Waals surface area contributed by atoms with E-state index >= 15 is 0 Å². The van der Waals surface area contributed by atoms with Crippen LogP contribution in [0.2, 0.25) is 0 Å². The first-order valence-corrected chi connectivity index (χ1v) is 12.2. The zero-order valence-corrected chi connectivity index (χ0v) is 19.4. The third kappa shape index (κ3) is 4.69. The molecule has 3 heterocycles. The van der Waals surface area contributed by atoms with Crippen molar-refractivity contribution in [2.24, 2.45) is 0 Å². The molecule has 6 rings (SSSR count). The Morgan fingerprint density at radius 2 is 1.71 bits per heavy atom. The number of rotatable bonds is 7. The van der Waals surface area contributed by atoms with Gasteiger partial charge in [-0.05, 0) is 43.4 Å². The van der Waals surface area contributed by atoms with Crippen molar-refractivity contribution in [2.45, 2.75) is 44.2 Å². The van der Waals surface area contributed by atoms with Crippen LogP contribution in [0.25, 0.3) is 11.3 Å². The fourth-order valence-corrected chi connectivity index (χ4v) is 4.83. The summed E-state index contributed by atoms with van der Waals surface area (Å²) in [4.78, 5) is 26.3. The lowest BCUT2D eigenvalue weighted by Crippen LogP contribution is -2.48. The summed E-state index contributed by atoms with van der Waals surface area (Å²) in [5, 5.41) is 4.17. The molecule has 0 bridgehead atoms. The van der Waals surface area contributed by atoms with Gasteiger partial charge in [0, 0.05) is 42.7 Å². The van der Waals surface area contributed by atoms with Crippen molar-refractivity contribution in [3.63, 3.8) is 0 Å². The summed E-state index contributed by atoms with van der Waals surface area (Å²) < 4.78 is 10.9. The van der Waals surface area contributed by atoms with E-state index in [-0.39, 0.29) is 11.9 Å². The number of oxazole rings is 1. The fourth-order valence-electron chi connectivity index (χ4n) is 4.83. The maximum absolute atomic E-state index is 13.5. The topological polar surface area (TPSA) is 88.5 Å². The average Bonchev–Trinajstić information content (AvgIpc) is 3.37. The van der Waals surface area contributed by atoms with E-state index in [0.29, 0.717) is 35.6 Å². The first-order chi connectivity index (χ1) is 17.2. The molecule has 8 nitrogen and oxygen atoms in total. The number of carbonyl (C=O) groups is 1. The predicted molar refractivity (Wildman–Crippen MR) is 130 cm³/mol. The molecule has 1 amide bonds. The lowest BCUT2D eigenvalue weighted by Gasteiger charge is -2.38. The third-order valence-corrected chi connectivity index (χ3v) is 6.81. The van der Waals surface area contributed by atoms with Crippen molar-refractivity contribution in [3.8, 4) is 11.3 Å².